The van der Waals surface area contributed by atoms with E-state index in [1.54, 1.807) is 44.2 Å². The van der Waals surface area contributed by atoms with Crippen LogP contribution < -0.4 is 21.5 Å². The van der Waals surface area contributed by atoms with E-state index in [4.69, 9.17) is 9.47 Å². The van der Waals surface area contributed by atoms with Gasteiger partial charge in [-0.3, -0.25) is 9.59 Å². The number of carbonyl (C=O) groups is 1. The summed E-state index contributed by atoms with van der Waals surface area (Å²) in [6.07, 6.45) is 6.94. The molecule has 180 valence electrons. The Kier molecular flexibility index (Phi) is 5.96. The third kappa shape index (κ3) is 3.90. The van der Waals surface area contributed by atoms with E-state index < -0.39 is 0 Å². The maximum absolute atomic E-state index is 13.1. The highest BCUT2D eigenvalue weighted by Gasteiger charge is 2.33. The number of pyridine rings is 1. The van der Waals surface area contributed by atoms with Gasteiger partial charge in [-0.05, 0) is 37.8 Å². The fourth-order valence-electron chi connectivity index (χ4n) is 4.52. The first kappa shape index (κ1) is 22.4. The van der Waals surface area contributed by atoms with Gasteiger partial charge in [-0.15, -0.1) is 5.10 Å². The third-order valence-electron chi connectivity index (χ3n) is 6.83. The molecule has 0 radical (unpaired) electrons. The molecule has 34 heavy (non-hydrogen) atoms. The molecule has 2 aliphatic rings. The van der Waals surface area contributed by atoms with E-state index >= 15 is 0 Å². The van der Waals surface area contributed by atoms with Crippen LogP contribution in [0.3, 0.4) is 0 Å². The lowest BCUT2D eigenvalue weighted by atomic mass is 9.89. The van der Waals surface area contributed by atoms with Crippen LogP contribution in [0.2, 0.25) is 0 Å². The summed E-state index contributed by atoms with van der Waals surface area (Å²) in [6, 6.07) is 5.41. The standard InChI is InChI=1S/C23H29N7O4/c1-24-17-11-20(26-16-5-4-8-29(23(16)32)13-9-14(10-13)33-2)28-30-18(12-25-21(17)30)22(31)27-15-6-7-19(15)34-3/h4-5,8,11-15,19,24H,6-7,9-10H2,1-3H3,(H,26,28)(H,27,31)/t13-,14-,15-,19-/m0/s1. The maximum Gasteiger partial charge on any atom is 0.274 e. The lowest BCUT2D eigenvalue weighted by Crippen LogP contribution is -2.51. The summed E-state index contributed by atoms with van der Waals surface area (Å²) < 4.78 is 13.9. The summed E-state index contributed by atoms with van der Waals surface area (Å²) in [6.45, 7) is 0. The summed E-state index contributed by atoms with van der Waals surface area (Å²) in [5, 5.41) is 13.8. The second-order valence-electron chi connectivity index (χ2n) is 8.75. The number of fused-ring (bicyclic) bond motifs is 1. The number of methoxy groups -OCH3 is 2. The molecule has 0 saturated heterocycles. The van der Waals surface area contributed by atoms with Gasteiger partial charge in [-0.1, -0.05) is 0 Å². The number of hydrogen-bond donors (Lipinski definition) is 3. The molecule has 0 spiro atoms. The number of aromatic nitrogens is 4. The fraction of sp³-hybridized carbons (Fsp3) is 0.478. The molecular formula is C23H29N7O4. The average Bonchev–Trinajstić information content (AvgIpc) is 3.22. The summed E-state index contributed by atoms with van der Waals surface area (Å²) in [7, 11) is 5.10. The van der Waals surface area contributed by atoms with Gasteiger partial charge in [0.15, 0.2) is 17.2 Å². The monoisotopic (exact) mass is 467 g/mol. The molecule has 3 N–H and O–H groups in total. The quantitative estimate of drug-likeness (QED) is 0.459. The van der Waals surface area contributed by atoms with Gasteiger partial charge in [-0.2, -0.15) is 0 Å². The Bertz CT molecular complexity index is 1260. The van der Waals surface area contributed by atoms with Crippen LogP contribution in [0.25, 0.3) is 5.65 Å². The number of imidazole rings is 1. The van der Waals surface area contributed by atoms with Gasteiger partial charge in [0.05, 0.1) is 30.1 Å². The first-order chi connectivity index (χ1) is 16.5. The van der Waals surface area contributed by atoms with Crippen LogP contribution >= 0.6 is 0 Å². The molecule has 3 heterocycles. The Morgan fingerprint density at radius 3 is 2.68 bits per heavy atom. The Hall–Kier alpha value is -3.44. The van der Waals surface area contributed by atoms with Gasteiger partial charge >= 0.3 is 0 Å². The molecule has 3 aromatic heterocycles. The number of nitrogens with one attached hydrogen (secondary N) is 3. The molecule has 0 aromatic carbocycles. The van der Waals surface area contributed by atoms with Gasteiger partial charge in [0, 0.05) is 39.6 Å². The van der Waals surface area contributed by atoms with Crippen molar-refractivity contribution in [1.82, 2.24) is 24.5 Å². The van der Waals surface area contributed by atoms with Crippen LogP contribution in [-0.2, 0) is 9.47 Å². The summed E-state index contributed by atoms with van der Waals surface area (Å²) in [4.78, 5) is 30.4. The van der Waals surface area contributed by atoms with Crippen molar-refractivity contribution in [1.29, 1.82) is 0 Å². The molecule has 5 rings (SSSR count). The highest BCUT2D eigenvalue weighted by molar-refractivity contribution is 5.94. The summed E-state index contributed by atoms with van der Waals surface area (Å²) in [5.41, 5.74) is 1.77. The van der Waals surface area contributed by atoms with E-state index in [2.05, 4.69) is 26.0 Å². The number of hydrogen-bond acceptors (Lipinski definition) is 8. The van der Waals surface area contributed by atoms with Crippen LogP contribution in [0.1, 0.15) is 42.2 Å². The zero-order valence-electron chi connectivity index (χ0n) is 19.4. The van der Waals surface area contributed by atoms with Crippen molar-refractivity contribution in [3.8, 4) is 0 Å². The van der Waals surface area contributed by atoms with E-state index in [9.17, 15) is 9.59 Å². The highest BCUT2D eigenvalue weighted by atomic mass is 16.5. The van der Waals surface area contributed by atoms with E-state index in [0.29, 0.717) is 28.5 Å². The minimum Gasteiger partial charge on any atom is -0.385 e. The SMILES string of the molecule is CNc1cc(Nc2cccn([C@H]3C[C@H](OC)C3)c2=O)nn2c(C(=O)N[C@H]3CC[C@@H]3OC)cnc12. The van der Waals surface area contributed by atoms with E-state index in [1.165, 1.54) is 10.7 Å². The summed E-state index contributed by atoms with van der Waals surface area (Å²) in [5.74, 6) is 0.145. The average molecular weight is 468 g/mol. The zero-order valence-corrected chi connectivity index (χ0v) is 19.4. The summed E-state index contributed by atoms with van der Waals surface area (Å²) >= 11 is 0. The molecule has 0 unspecified atom stereocenters. The molecule has 0 aliphatic heterocycles. The van der Waals surface area contributed by atoms with Crippen molar-refractivity contribution in [2.24, 2.45) is 0 Å². The number of nitrogens with zero attached hydrogens (tertiary/aromatic N) is 4. The van der Waals surface area contributed by atoms with Crippen LogP contribution in [0, 0.1) is 0 Å². The first-order valence-electron chi connectivity index (χ1n) is 11.4. The number of rotatable bonds is 8. The second kappa shape index (κ2) is 9.07. The molecule has 11 heteroatoms. The van der Waals surface area contributed by atoms with E-state index in [0.717, 1.165) is 25.7 Å². The largest absolute Gasteiger partial charge is 0.385 e. The van der Waals surface area contributed by atoms with Crippen molar-refractivity contribution in [3.05, 3.63) is 46.6 Å². The molecule has 0 bridgehead atoms. The van der Waals surface area contributed by atoms with Crippen molar-refractivity contribution in [2.75, 3.05) is 31.9 Å². The zero-order chi connectivity index (χ0) is 23.8. The Balaban J connectivity index is 1.43. The molecule has 2 atom stereocenters. The Labute approximate surface area is 196 Å². The molecular weight excluding hydrogens is 438 g/mol. The first-order valence-corrected chi connectivity index (χ1v) is 11.4. The Morgan fingerprint density at radius 1 is 1.18 bits per heavy atom. The van der Waals surface area contributed by atoms with Crippen LogP contribution in [0.5, 0.6) is 0 Å². The fourth-order valence-corrected chi connectivity index (χ4v) is 4.52. The van der Waals surface area contributed by atoms with Gasteiger partial charge in [-0.25, -0.2) is 9.50 Å². The minimum atomic E-state index is -0.272. The maximum atomic E-state index is 13.1. The molecule has 3 aromatic rings. The van der Waals surface area contributed by atoms with Gasteiger partial charge < -0.3 is 30.0 Å². The lowest BCUT2D eigenvalue weighted by Gasteiger charge is -2.35. The van der Waals surface area contributed by atoms with E-state index in [1.807, 2.05) is 6.07 Å². The lowest BCUT2D eigenvalue weighted by molar-refractivity contribution is 0.00522. The van der Waals surface area contributed by atoms with Gasteiger partial charge in [0.1, 0.15) is 5.69 Å². The van der Waals surface area contributed by atoms with Gasteiger partial charge in [0.2, 0.25) is 0 Å². The molecule has 2 aliphatic carbocycles. The number of amides is 1. The second-order valence-corrected chi connectivity index (χ2v) is 8.75. The molecule has 2 fully saturated rings. The van der Waals surface area contributed by atoms with Crippen molar-refractivity contribution < 1.29 is 14.3 Å². The van der Waals surface area contributed by atoms with Crippen molar-refractivity contribution in [3.63, 3.8) is 0 Å². The van der Waals surface area contributed by atoms with Crippen LogP contribution in [0.15, 0.2) is 35.4 Å². The smallest absolute Gasteiger partial charge is 0.274 e. The highest BCUT2D eigenvalue weighted by Crippen LogP contribution is 2.33. The minimum absolute atomic E-state index is 0.0243. The van der Waals surface area contributed by atoms with Crippen LogP contribution in [0.4, 0.5) is 17.2 Å². The number of ether oxygens (including phenoxy) is 2. The number of carbonyl (C=O) groups excluding carboxylic acids is 1. The van der Waals surface area contributed by atoms with Crippen LogP contribution in [-0.4, -0.2) is 64.6 Å². The Morgan fingerprint density at radius 2 is 2.00 bits per heavy atom. The molecule has 1 amide bonds. The van der Waals surface area contributed by atoms with Crippen molar-refractivity contribution in [2.45, 2.75) is 50.0 Å². The third-order valence-corrected chi connectivity index (χ3v) is 6.83. The van der Waals surface area contributed by atoms with E-state index in [-0.39, 0.29) is 35.8 Å². The molecule has 11 nitrogen and oxygen atoms in total. The molecule has 2 saturated carbocycles. The number of anilines is 3. The predicted molar refractivity (Wildman–Crippen MR) is 127 cm³/mol. The van der Waals surface area contributed by atoms with Gasteiger partial charge in [0.25, 0.3) is 11.5 Å². The topological polar surface area (TPSA) is 124 Å². The van der Waals surface area contributed by atoms with Crippen molar-refractivity contribution >= 4 is 28.7 Å². The predicted octanol–water partition coefficient (Wildman–Crippen LogP) is 1.93. The normalized spacial score (nSPS) is 23.7.